The smallest absolute Gasteiger partial charge is 0.294 e. The predicted molar refractivity (Wildman–Crippen MR) is 152 cm³/mol. The number of imidazole rings is 1. The number of carbonyl (C=O) groups excluding carboxylic acids is 1. The molecule has 2 aromatic carbocycles. The van der Waals surface area contributed by atoms with E-state index in [2.05, 4.69) is 20.4 Å². The van der Waals surface area contributed by atoms with Crippen molar-refractivity contribution in [1.82, 2.24) is 24.9 Å². The molecule has 0 aliphatic rings. The summed E-state index contributed by atoms with van der Waals surface area (Å²) >= 11 is 2.77. The summed E-state index contributed by atoms with van der Waals surface area (Å²) in [4.78, 5) is 22.2. The highest BCUT2D eigenvalue weighted by Crippen LogP contribution is 2.35. The average Bonchev–Trinajstić information content (AvgIpc) is 3.68. The highest BCUT2D eigenvalue weighted by molar-refractivity contribution is 7.18. The Labute approximate surface area is 236 Å². The molecule has 0 fully saturated rings. The van der Waals surface area contributed by atoms with Gasteiger partial charge in [-0.05, 0) is 50.3 Å². The number of rotatable bonds is 7. The summed E-state index contributed by atoms with van der Waals surface area (Å²) in [6.07, 6.45) is 1.73. The van der Waals surface area contributed by atoms with E-state index in [1.165, 1.54) is 34.8 Å². The maximum atomic E-state index is 14.4. The molecule has 0 saturated heterocycles. The predicted octanol–water partition coefficient (Wildman–Crippen LogP) is 6.58. The molecule has 0 spiro atoms. The SMILES string of the molecule is COc1nn2cc(-c3cc4c(OCc5csc(-c6ccc(C(=O)NC(C)(C)C)cc6)n5)cc(F)cc4o3)nc2s1. The zero-order valence-corrected chi connectivity index (χ0v) is 23.7. The zero-order valence-electron chi connectivity index (χ0n) is 22.0. The van der Waals surface area contributed by atoms with Crippen LogP contribution in [-0.4, -0.2) is 38.1 Å². The van der Waals surface area contributed by atoms with Crippen molar-refractivity contribution in [2.24, 2.45) is 0 Å². The summed E-state index contributed by atoms with van der Waals surface area (Å²) in [5.41, 5.74) is 2.78. The van der Waals surface area contributed by atoms with Crippen LogP contribution in [0.3, 0.4) is 0 Å². The molecule has 6 rings (SSSR count). The van der Waals surface area contributed by atoms with Crippen molar-refractivity contribution >= 4 is 44.5 Å². The normalized spacial score (nSPS) is 11.8. The van der Waals surface area contributed by atoms with Crippen LogP contribution in [0.25, 0.3) is 38.0 Å². The molecule has 6 aromatic rings. The van der Waals surface area contributed by atoms with Gasteiger partial charge >= 0.3 is 0 Å². The lowest BCUT2D eigenvalue weighted by Crippen LogP contribution is -2.40. The Kier molecular flexibility index (Phi) is 6.51. The minimum absolute atomic E-state index is 0.124. The molecule has 0 atom stereocenters. The zero-order chi connectivity index (χ0) is 28.0. The molecular formula is C28H24FN5O4S2. The molecule has 0 aliphatic heterocycles. The van der Waals surface area contributed by atoms with Crippen molar-refractivity contribution in [3.63, 3.8) is 0 Å². The second kappa shape index (κ2) is 10.0. The van der Waals surface area contributed by atoms with Crippen LogP contribution in [0.15, 0.2) is 58.5 Å². The van der Waals surface area contributed by atoms with Crippen LogP contribution in [0.2, 0.25) is 0 Å². The van der Waals surface area contributed by atoms with Crippen LogP contribution >= 0.6 is 22.7 Å². The topological polar surface area (TPSA) is 104 Å². The second-order valence-corrected chi connectivity index (χ2v) is 11.8. The van der Waals surface area contributed by atoms with Gasteiger partial charge in [0.25, 0.3) is 11.1 Å². The molecule has 1 N–H and O–H groups in total. The first kappa shape index (κ1) is 26.0. The van der Waals surface area contributed by atoms with E-state index >= 15 is 0 Å². The highest BCUT2D eigenvalue weighted by Gasteiger charge is 2.18. The van der Waals surface area contributed by atoms with Gasteiger partial charge < -0.3 is 19.2 Å². The quantitative estimate of drug-likeness (QED) is 0.228. The number of fused-ring (bicyclic) bond motifs is 2. The third-order valence-corrected chi connectivity index (χ3v) is 7.65. The number of methoxy groups -OCH3 is 1. The molecule has 4 heterocycles. The van der Waals surface area contributed by atoms with Crippen LogP contribution in [0.1, 0.15) is 36.8 Å². The fourth-order valence-electron chi connectivity index (χ4n) is 4.04. The molecular weight excluding hydrogens is 553 g/mol. The molecule has 0 aliphatic carbocycles. The average molecular weight is 578 g/mol. The first-order valence-corrected chi connectivity index (χ1v) is 14.0. The van der Waals surface area contributed by atoms with Gasteiger partial charge in [-0.1, -0.05) is 12.1 Å². The molecule has 0 unspecified atom stereocenters. The minimum Gasteiger partial charge on any atom is -0.486 e. The monoisotopic (exact) mass is 577 g/mol. The third kappa shape index (κ3) is 5.27. The summed E-state index contributed by atoms with van der Waals surface area (Å²) in [6, 6.07) is 11.7. The summed E-state index contributed by atoms with van der Waals surface area (Å²) in [5, 5.41) is 11.0. The van der Waals surface area contributed by atoms with Gasteiger partial charge in [-0.2, -0.15) is 0 Å². The number of nitrogens with zero attached hydrogens (tertiary/aromatic N) is 4. The lowest BCUT2D eigenvalue weighted by atomic mass is 10.1. The largest absolute Gasteiger partial charge is 0.486 e. The van der Waals surface area contributed by atoms with E-state index < -0.39 is 5.82 Å². The standard InChI is InChI=1S/C28H24FN5O4S2/c1-28(2,3)32-24(35)15-5-7-16(8-6-15)25-30-18(14-39-25)13-37-21-9-17(29)10-22-19(21)11-23(38-22)20-12-34-26(31-20)40-27(33-34)36-4/h5-12,14H,13H2,1-4H3,(H,32,35). The van der Waals surface area contributed by atoms with Crippen LogP contribution < -0.4 is 14.8 Å². The van der Waals surface area contributed by atoms with Crippen molar-refractivity contribution in [3.05, 3.63) is 71.1 Å². The Morgan fingerprint density at radius 1 is 1.15 bits per heavy atom. The van der Waals surface area contributed by atoms with Crippen molar-refractivity contribution in [1.29, 1.82) is 0 Å². The Morgan fingerprint density at radius 3 is 2.67 bits per heavy atom. The van der Waals surface area contributed by atoms with Gasteiger partial charge in [0, 0.05) is 34.2 Å². The number of hydrogen-bond donors (Lipinski definition) is 1. The van der Waals surface area contributed by atoms with E-state index in [1.807, 2.05) is 38.3 Å². The lowest BCUT2D eigenvalue weighted by molar-refractivity contribution is 0.0919. The van der Waals surface area contributed by atoms with Crippen LogP contribution in [0.4, 0.5) is 4.39 Å². The molecule has 40 heavy (non-hydrogen) atoms. The van der Waals surface area contributed by atoms with Gasteiger partial charge in [0.1, 0.15) is 34.5 Å². The van der Waals surface area contributed by atoms with Gasteiger partial charge in [-0.15, -0.1) is 16.4 Å². The van der Waals surface area contributed by atoms with Crippen molar-refractivity contribution in [3.8, 4) is 33.0 Å². The van der Waals surface area contributed by atoms with E-state index in [9.17, 15) is 9.18 Å². The Balaban J connectivity index is 1.18. The molecule has 0 radical (unpaired) electrons. The summed E-state index contributed by atoms with van der Waals surface area (Å²) in [7, 11) is 1.55. The van der Waals surface area contributed by atoms with Gasteiger partial charge in [0.2, 0.25) is 4.96 Å². The van der Waals surface area contributed by atoms with Crippen molar-refractivity contribution in [2.75, 3.05) is 7.11 Å². The molecule has 1 amide bonds. The Morgan fingerprint density at radius 2 is 1.95 bits per heavy atom. The number of benzene rings is 2. The van der Waals surface area contributed by atoms with Crippen LogP contribution in [0.5, 0.6) is 10.9 Å². The number of ether oxygens (including phenoxy) is 2. The van der Waals surface area contributed by atoms with Crippen molar-refractivity contribution in [2.45, 2.75) is 32.9 Å². The molecule has 9 nitrogen and oxygen atoms in total. The maximum Gasteiger partial charge on any atom is 0.294 e. The summed E-state index contributed by atoms with van der Waals surface area (Å²) in [5.74, 6) is 0.211. The Bertz CT molecular complexity index is 1810. The molecule has 12 heteroatoms. The summed E-state index contributed by atoms with van der Waals surface area (Å²) < 4.78 is 33.1. The molecule has 4 aromatic heterocycles. The van der Waals surface area contributed by atoms with E-state index in [0.717, 1.165) is 10.6 Å². The highest BCUT2D eigenvalue weighted by atomic mass is 32.1. The number of hydrogen-bond acceptors (Lipinski definition) is 9. The van der Waals surface area contributed by atoms with Crippen LogP contribution in [-0.2, 0) is 6.61 Å². The first-order valence-electron chi connectivity index (χ1n) is 12.3. The number of carbonyl (C=O) groups is 1. The van der Waals surface area contributed by atoms with E-state index in [4.69, 9.17) is 13.9 Å². The Hall–Kier alpha value is -4.29. The van der Waals surface area contributed by atoms with Gasteiger partial charge in [-0.25, -0.2) is 18.9 Å². The van der Waals surface area contributed by atoms with Gasteiger partial charge in [-0.3, -0.25) is 4.79 Å². The number of halogens is 1. The van der Waals surface area contributed by atoms with E-state index in [1.54, 1.807) is 36.0 Å². The molecule has 0 saturated carbocycles. The third-order valence-electron chi connectivity index (χ3n) is 5.83. The van der Waals surface area contributed by atoms with Crippen molar-refractivity contribution < 1.29 is 23.1 Å². The lowest BCUT2D eigenvalue weighted by Gasteiger charge is -2.20. The van der Waals surface area contributed by atoms with E-state index in [-0.39, 0.29) is 18.1 Å². The number of amides is 1. The second-order valence-electron chi connectivity index (χ2n) is 10.1. The number of nitrogens with one attached hydrogen (secondary N) is 1. The minimum atomic E-state index is -0.477. The number of thiazole rings is 1. The van der Waals surface area contributed by atoms with E-state index in [0.29, 0.717) is 49.6 Å². The number of furan rings is 1. The van der Waals surface area contributed by atoms with Gasteiger partial charge in [0.15, 0.2) is 5.76 Å². The summed E-state index contributed by atoms with van der Waals surface area (Å²) in [6.45, 7) is 5.97. The number of aromatic nitrogens is 4. The maximum absolute atomic E-state index is 14.4. The fourth-order valence-corrected chi connectivity index (χ4v) is 5.55. The first-order chi connectivity index (χ1) is 19.1. The molecule has 0 bridgehead atoms. The fraction of sp³-hybridized carbons (Fsp3) is 0.214. The molecule has 204 valence electrons. The van der Waals surface area contributed by atoms with Gasteiger partial charge in [0.05, 0.1) is 24.4 Å². The van der Waals surface area contributed by atoms with Crippen LogP contribution in [0, 0.1) is 5.82 Å².